The van der Waals surface area contributed by atoms with Gasteiger partial charge in [0, 0.05) is 5.56 Å². The minimum Gasteiger partial charge on any atom is -0.444 e. The van der Waals surface area contributed by atoms with Crippen molar-refractivity contribution in [1.29, 1.82) is 0 Å². The van der Waals surface area contributed by atoms with E-state index >= 15 is 0 Å². The molecule has 1 saturated carbocycles. The highest BCUT2D eigenvalue weighted by atomic mass is 127. The molecule has 2 heterocycles. The predicted molar refractivity (Wildman–Crippen MR) is 120 cm³/mol. The lowest BCUT2D eigenvalue weighted by molar-refractivity contribution is 0.0377. The smallest absolute Gasteiger partial charge is 0.408 e. The predicted octanol–water partition coefficient (Wildman–Crippen LogP) is 6.05. The maximum atomic E-state index is 12.3. The molecule has 0 spiro atoms. The summed E-state index contributed by atoms with van der Waals surface area (Å²) in [4.78, 5) is 20.8. The van der Waals surface area contributed by atoms with Crippen LogP contribution in [-0.4, -0.2) is 21.7 Å². The lowest BCUT2D eigenvalue weighted by atomic mass is 9.72. The molecule has 1 N–H and O–H groups in total. The van der Waals surface area contributed by atoms with Gasteiger partial charge in [-0.25, -0.2) is 14.8 Å². The first-order valence-electron chi connectivity index (χ1n) is 9.39. The third kappa shape index (κ3) is 4.07. The number of ether oxygens (including phenoxy) is 1. The molecule has 1 aliphatic rings. The summed E-state index contributed by atoms with van der Waals surface area (Å²) in [5.74, 6) is 0.706. The number of furan rings is 1. The molecule has 1 fully saturated rings. The summed E-state index contributed by atoms with van der Waals surface area (Å²) in [5, 5.41) is 3.41. The first-order chi connectivity index (χ1) is 13.7. The summed E-state index contributed by atoms with van der Waals surface area (Å²) in [6.07, 6.45) is 3.93. The molecular formula is C21H21ClIN3O3. The van der Waals surface area contributed by atoms with Crippen molar-refractivity contribution in [2.45, 2.75) is 51.2 Å². The lowest BCUT2D eigenvalue weighted by Gasteiger charge is -2.43. The van der Waals surface area contributed by atoms with E-state index in [9.17, 15) is 4.79 Å². The van der Waals surface area contributed by atoms with Crippen LogP contribution in [0, 0.1) is 3.57 Å². The van der Waals surface area contributed by atoms with Gasteiger partial charge < -0.3 is 14.5 Å². The van der Waals surface area contributed by atoms with Gasteiger partial charge in [-0.1, -0.05) is 35.9 Å². The Hall–Kier alpha value is -1.87. The molecule has 0 atom stereocenters. The zero-order chi connectivity index (χ0) is 20.8. The molecule has 1 aliphatic carbocycles. The monoisotopic (exact) mass is 525 g/mol. The van der Waals surface area contributed by atoms with E-state index in [1.54, 1.807) is 0 Å². The average Bonchev–Trinajstić information content (AvgIpc) is 2.93. The molecule has 1 amide bonds. The molecule has 2 aromatic heterocycles. The summed E-state index contributed by atoms with van der Waals surface area (Å²) < 4.78 is 12.2. The Bertz CT molecular complexity index is 1070. The topological polar surface area (TPSA) is 77.2 Å². The van der Waals surface area contributed by atoms with Gasteiger partial charge in [0.2, 0.25) is 5.71 Å². The van der Waals surface area contributed by atoms with E-state index in [1.807, 2.05) is 45.0 Å². The van der Waals surface area contributed by atoms with Crippen LogP contribution in [0.15, 0.2) is 34.9 Å². The average molecular weight is 526 g/mol. The van der Waals surface area contributed by atoms with Crippen LogP contribution < -0.4 is 5.32 Å². The summed E-state index contributed by atoms with van der Waals surface area (Å²) in [6.45, 7) is 5.59. The third-order valence-electron chi connectivity index (χ3n) is 4.96. The summed E-state index contributed by atoms with van der Waals surface area (Å²) >= 11 is 8.15. The SMILES string of the molecule is CC(C)(C)OC(=O)NC1(c2ccc(-c3oc4ncc(Cl)nc4c3I)cc2)CCC1. The second kappa shape index (κ2) is 7.43. The zero-order valence-electron chi connectivity index (χ0n) is 16.4. The quantitative estimate of drug-likeness (QED) is 0.421. The van der Waals surface area contributed by atoms with Crippen molar-refractivity contribution in [2.24, 2.45) is 0 Å². The molecule has 0 radical (unpaired) electrons. The number of rotatable bonds is 3. The Balaban J connectivity index is 1.60. The minimum absolute atomic E-state index is 0.332. The van der Waals surface area contributed by atoms with Crippen molar-refractivity contribution in [3.63, 3.8) is 0 Å². The van der Waals surface area contributed by atoms with E-state index in [-0.39, 0.29) is 11.6 Å². The number of carbonyl (C=O) groups excluding carboxylic acids is 1. The Labute approximate surface area is 187 Å². The molecule has 8 heteroatoms. The Morgan fingerprint density at radius 3 is 2.55 bits per heavy atom. The molecule has 4 rings (SSSR count). The number of halogens is 2. The number of nitrogens with zero attached hydrogens (tertiary/aromatic N) is 2. The number of amides is 1. The molecule has 6 nitrogen and oxygen atoms in total. The highest BCUT2D eigenvalue weighted by molar-refractivity contribution is 14.1. The van der Waals surface area contributed by atoms with Gasteiger partial charge in [-0.15, -0.1) is 0 Å². The van der Waals surface area contributed by atoms with Crippen molar-refractivity contribution < 1.29 is 13.9 Å². The minimum atomic E-state index is -0.526. The van der Waals surface area contributed by atoms with E-state index in [4.69, 9.17) is 20.8 Å². The molecule has 3 aromatic rings. The van der Waals surface area contributed by atoms with Crippen LogP contribution in [0.2, 0.25) is 5.15 Å². The van der Waals surface area contributed by atoms with Crippen LogP contribution in [0.3, 0.4) is 0 Å². The zero-order valence-corrected chi connectivity index (χ0v) is 19.3. The number of fused-ring (bicyclic) bond motifs is 1. The molecule has 0 aliphatic heterocycles. The molecule has 1 aromatic carbocycles. The maximum Gasteiger partial charge on any atom is 0.408 e. The number of hydrogen-bond acceptors (Lipinski definition) is 5. The van der Waals surface area contributed by atoms with Crippen LogP contribution in [-0.2, 0) is 10.3 Å². The molecule has 0 bridgehead atoms. The van der Waals surface area contributed by atoms with Crippen LogP contribution in [0.25, 0.3) is 22.6 Å². The van der Waals surface area contributed by atoms with E-state index < -0.39 is 5.60 Å². The van der Waals surface area contributed by atoms with Gasteiger partial charge in [0.15, 0.2) is 5.76 Å². The van der Waals surface area contributed by atoms with E-state index in [1.165, 1.54) is 6.20 Å². The molecule has 29 heavy (non-hydrogen) atoms. The van der Waals surface area contributed by atoms with Crippen LogP contribution >= 0.6 is 34.2 Å². The molecule has 152 valence electrons. The van der Waals surface area contributed by atoms with Crippen molar-refractivity contribution >= 4 is 51.5 Å². The number of alkyl carbamates (subject to hydrolysis) is 1. The standard InChI is InChI=1S/C21H21ClIN3O3/c1-20(2,3)29-19(27)26-21(9-4-10-21)13-7-5-12(6-8-13)17-15(23)16-18(28-17)24-11-14(22)25-16/h5-8,11H,4,9-10H2,1-3H3,(H,26,27). The fourth-order valence-corrected chi connectivity index (χ4v) is 4.37. The summed E-state index contributed by atoms with van der Waals surface area (Å²) in [7, 11) is 0. The van der Waals surface area contributed by atoms with E-state index in [2.05, 4.69) is 37.9 Å². The number of aromatic nitrogens is 2. The van der Waals surface area contributed by atoms with Gasteiger partial charge in [0.05, 0.1) is 15.3 Å². The summed E-state index contributed by atoms with van der Waals surface area (Å²) in [6, 6.07) is 8.05. The fraction of sp³-hybridized carbons (Fsp3) is 0.381. The van der Waals surface area contributed by atoms with Gasteiger partial charge >= 0.3 is 6.09 Å². The second-order valence-electron chi connectivity index (χ2n) is 8.23. The number of hydrogen-bond donors (Lipinski definition) is 1. The maximum absolute atomic E-state index is 12.3. The van der Waals surface area contributed by atoms with Crippen molar-refractivity contribution in [1.82, 2.24) is 15.3 Å². The van der Waals surface area contributed by atoms with Gasteiger partial charge in [-0.3, -0.25) is 0 Å². The normalized spacial score (nSPS) is 15.8. The van der Waals surface area contributed by atoms with Crippen molar-refractivity contribution in [3.8, 4) is 11.3 Å². The van der Waals surface area contributed by atoms with Gasteiger partial charge in [0.25, 0.3) is 0 Å². The van der Waals surface area contributed by atoms with Gasteiger partial charge in [-0.2, -0.15) is 0 Å². The first kappa shape index (κ1) is 20.4. The number of nitrogens with one attached hydrogen (secondary N) is 1. The number of benzene rings is 1. The van der Waals surface area contributed by atoms with E-state index in [0.29, 0.717) is 22.1 Å². The summed E-state index contributed by atoms with van der Waals surface area (Å²) in [5.41, 5.74) is 2.18. The third-order valence-corrected chi connectivity index (χ3v) is 6.15. The fourth-order valence-electron chi connectivity index (χ4n) is 3.46. The largest absolute Gasteiger partial charge is 0.444 e. The Kier molecular flexibility index (Phi) is 5.23. The van der Waals surface area contributed by atoms with E-state index in [0.717, 1.165) is 34.0 Å². The van der Waals surface area contributed by atoms with Crippen molar-refractivity contribution in [3.05, 3.63) is 44.7 Å². The van der Waals surface area contributed by atoms with Crippen LogP contribution in [0.5, 0.6) is 0 Å². The van der Waals surface area contributed by atoms with Crippen LogP contribution in [0.4, 0.5) is 4.79 Å². The lowest BCUT2D eigenvalue weighted by Crippen LogP contribution is -2.52. The first-order valence-corrected chi connectivity index (χ1v) is 10.9. The van der Waals surface area contributed by atoms with Gasteiger partial charge in [-0.05, 0) is 68.2 Å². The Morgan fingerprint density at radius 1 is 1.28 bits per heavy atom. The Morgan fingerprint density at radius 2 is 1.97 bits per heavy atom. The molecule has 0 unspecified atom stereocenters. The van der Waals surface area contributed by atoms with Gasteiger partial charge in [0.1, 0.15) is 16.3 Å². The highest BCUT2D eigenvalue weighted by Crippen LogP contribution is 2.42. The highest BCUT2D eigenvalue weighted by Gasteiger charge is 2.41. The number of carbonyl (C=O) groups is 1. The second-order valence-corrected chi connectivity index (χ2v) is 9.70. The molecular weight excluding hydrogens is 505 g/mol. The molecule has 0 saturated heterocycles. The van der Waals surface area contributed by atoms with Crippen LogP contribution in [0.1, 0.15) is 45.6 Å². The van der Waals surface area contributed by atoms with Crippen molar-refractivity contribution in [2.75, 3.05) is 0 Å².